The minimum Gasteiger partial charge on any atom is -0.398 e. The first-order chi connectivity index (χ1) is 8.59. The average Bonchev–Trinajstić information content (AvgIpc) is 2.33. The number of benzene rings is 1. The van der Waals surface area contributed by atoms with E-state index in [1.165, 1.54) is 13.8 Å². The van der Waals surface area contributed by atoms with Gasteiger partial charge in [0.15, 0.2) is 0 Å². The monoisotopic (exact) mass is 292 g/mol. The molecular formula is C11H17FN2O4S. The Morgan fingerprint density at radius 2 is 2.05 bits per heavy atom. The molecule has 1 rings (SSSR count). The van der Waals surface area contributed by atoms with Crippen molar-refractivity contribution in [3.05, 3.63) is 23.5 Å². The van der Waals surface area contributed by atoms with Gasteiger partial charge in [-0.1, -0.05) is 0 Å². The van der Waals surface area contributed by atoms with Crippen molar-refractivity contribution >= 4 is 15.7 Å². The molecule has 0 saturated carbocycles. The van der Waals surface area contributed by atoms with Crippen LogP contribution in [0.4, 0.5) is 10.1 Å². The van der Waals surface area contributed by atoms with E-state index in [-0.39, 0.29) is 16.1 Å². The van der Waals surface area contributed by atoms with Crippen LogP contribution in [0.5, 0.6) is 0 Å². The van der Waals surface area contributed by atoms with Crippen molar-refractivity contribution < 1.29 is 23.0 Å². The van der Waals surface area contributed by atoms with Gasteiger partial charge >= 0.3 is 0 Å². The van der Waals surface area contributed by atoms with Crippen LogP contribution in [0.1, 0.15) is 12.5 Å². The van der Waals surface area contributed by atoms with E-state index in [1.807, 2.05) is 0 Å². The van der Waals surface area contributed by atoms with Crippen molar-refractivity contribution in [2.75, 3.05) is 18.9 Å². The standard InChI is InChI=1S/C11H17FN2O4S/c1-7-9(12)3-8(4-10(7)13)19(17,18)14-5-11(2,16)6-15/h3-4,14-16H,5-6,13H2,1-2H3. The SMILES string of the molecule is Cc1c(N)cc(S(=O)(=O)NCC(C)(O)CO)cc1F. The summed E-state index contributed by atoms with van der Waals surface area (Å²) >= 11 is 0. The zero-order valence-electron chi connectivity index (χ0n) is 10.6. The van der Waals surface area contributed by atoms with E-state index in [1.54, 1.807) is 0 Å². The number of aliphatic hydroxyl groups is 2. The van der Waals surface area contributed by atoms with Gasteiger partial charge in [0.05, 0.1) is 17.1 Å². The molecular weight excluding hydrogens is 275 g/mol. The smallest absolute Gasteiger partial charge is 0.240 e. The number of nitrogens with one attached hydrogen (secondary N) is 1. The first-order valence-electron chi connectivity index (χ1n) is 5.47. The summed E-state index contributed by atoms with van der Waals surface area (Å²) in [7, 11) is -4.01. The summed E-state index contributed by atoms with van der Waals surface area (Å²) in [5, 5.41) is 18.3. The Kier molecular flexibility index (Phi) is 4.51. The highest BCUT2D eigenvalue weighted by atomic mass is 32.2. The molecule has 8 heteroatoms. The Balaban J connectivity index is 3.02. The van der Waals surface area contributed by atoms with Crippen LogP contribution < -0.4 is 10.5 Å². The zero-order chi connectivity index (χ0) is 14.8. The third kappa shape index (κ3) is 3.87. The fraction of sp³-hybridized carbons (Fsp3) is 0.455. The Bertz CT molecular complexity index is 549. The second-order valence-electron chi connectivity index (χ2n) is 4.60. The predicted octanol–water partition coefficient (Wildman–Crippen LogP) is -0.262. The molecule has 0 amide bonds. The first-order valence-corrected chi connectivity index (χ1v) is 6.96. The molecule has 0 heterocycles. The quantitative estimate of drug-likeness (QED) is 0.558. The summed E-state index contributed by atoms with van der Waals surface area (Å²) in [4.78, 5) is -0.332. The number of aliphatic hydroxyl groups excluding tert-OH is 1. The molecule has 0 saturated heterocycles. The lowest BCUT2D eigenvalue weighted by Crippen LogP contribution is -2.43. The summed E-state index contributed by atoms with van der Waals surface area (Å²) in [6.07, 6.45) is 0. The highest BCUT2D eigenvalue weighted by Gasteiger charge is 2.24. The minimum absolute atomic E-state index is 0.0225. The number of anilines is 1. The number of nitrogens with two attached hydrogens (primary N) is 1. The first kappa shape index (κ1) is 15.8. The van der Waals surface area contributed by atoms with Crippen molar-refractivity contribution in [1.29, 1.82) is 0 Å². The lowest BCUT2D eigenvalue weighted by atomic mass is 10.1. The molecule has 0 aliphatic heterocycles. The molecule has 0 bridgehead atoms. The average molecular weight is 292 g/mol. The number of rotatable bonds is 5. The lowest BCUT2D eigenvalue weighted by Gasteiger charge is -2.20. The summed E-state index contributed by atoms with van der Waals surface area (Å²) < 4.78 is 39.3. The van der Waals surface area contributed by atoms with Gasteiger partial charge in [-0.15, -0.1) is 0 Å². The van der Waals surface area contributed by atoms with Gasteiger partial charge in [0, 0.05) is 17.8 Å². The van der Waals surface area contributed by atoms with Crippen LogP contribution in [0.2, 0.25) is 0 Å². The van der Waals surface area contributed by atoms with E-state index >= 15 is 0 Å². The van der Waals surface area contributed by atoms with E-state index in [0.717, 1.165) is 12.1 Å². The maximum absolute atomic E-state index is 13.4. The Labute approximate surface area is 111 Å². The molecule has 1 aromatic rings. The van der Waals surface area contributed by atoms with Crippen molar-refractivity contribution in [3.8, 4) is 0 Å². The molecule has 108 valence electrons. The van der Waals surface area contributed by atoms with E-state index in [2.05, 4.69) is 4.72 Å². The van der Waals surface area contributed by atoms with Gasteiger partial charge in [0.2, 0.25) is 10.0 Å². The predicted molar refractivity (Wildman–Crippen MR) is 68.4 cm³/mol. The van der Waals surface area contributed by atoms with E-state index in [0.29, 0.717) is 0 Å². The molecule has 1 unspecified atom stereocenters. The number of sulfonamides is 1. The normalized spacial score (nSPS) is 15.2. The van der Waals surface area contributed by atoms with E-state index in [9.17, 15) is 17.9 Å². The van der Waals surface area contributed by atoms with Gasteiger partial charge in [0.25, 0.3) is 0 Å². The topological polar surface area (TPSA) is 113 Å². The third-order valence-electron chi connectivity index (χ3n) is 2.65. The van der Waals surface area contributed by atoms with E-state index in [4.69, 9.17) is 10.8 Å². The molecule has 5 N–H and O–H groups in total. The maximum atomic E-state index is 13.4. The van der Waals surface area contributed by atoms with Gasteiger partial charge in [-0.2, -0.15) is 0 Å². The number of halogens is 1. The second-order valence-corrected chi connectivity index (χ2v) is 6.37. The van der Waals surface area contributed by atoms with Crippen molar-refractivity contribution in [2.45, 2.75) is 24.3 Å². The van der Waals surface area contributed by atoms with Gasteiger partial charge in [-0.25, -0.2) is 17.5 Å². The van der Waals surface area contributed by atoms with Crippen LogP contribution in [0, 0.1) is 12.7 Å². The molecule has 0 spiro atoms. The number of hydrogen-bond acceptors (Lipinski definition) is 5. The largest absolute Gasteiger partial charge is 0.398 e. The summed E-state index contributed by atoms with van der Waals surface area (Å²) in [5.74, 6) is -0.728. The van der Waals surface area contributed by atoms with Crippen molar-refractivity contribution in [2.24, 2.45) is 0 Å². The molecule has 6 nitrogen and oxygen atoms in total. The number of hydrogen-bond donors (Lipinski definition) is 4. The molecule has 0 fully saturated rings. The molecule has 0 aliphatic carbocycles. The fourth-order valence-electron chi connectivity index (χ4n) is 1.22. The van der Waals surface area contributed by atoms with Crippen LogP contribution in [0.3, 0.4) is 0 Å². The van der Waals surface area contributed by atoms with Gasteiger partial charge < -0.3 is 15.9 Å². The maximum Gasteiger partial charge on any atom is 0.240 e. The molecule has 1 aromatic carbocycles. The fourth-order valence-corrected chi connectivity index (χ4v) is 2.43. The highest BCUT2D eigenvalue weighted by Crippen LogP contribution is 2.21. The van der Waals surface area contributed by atoms with Crippen LogP contribution in [-0.2, 0) is 10.0 Å². The van der Waals surface area contributed by atoms with E-state index < -0.39 is 34.6 Å². The molecule has 1 atom stereocenters. The van der Waals surface area contributed by atoms with Gasteiger partial charge in [0.1, 0.15) is 5.82 Å². The lowest BCUT2D eigenvalue weighted by molar-refractivity contribution is 0.00681. The van der Waals surface area contributed by atoms with Gasteiger partial charge in [-0.3, -0.25) is 0 Å². The van der Waals surface area contributed by atoms with Gasteiger partial charge in [-0.05, 0) is 26.0 Å². The second kappa shape index (κ2) is 5.41. The van der Waals surface area contributed by atoms with Crippen LogP contribution >= 0.6 is 0 Å². The summed E-state index contributed by atoms with van der Waals surface area (Å²) in [6.45, 7) is 1.69. The van der Waals surface area contributed by atoms with Crippen LogP contribution in [0.25, 0.3) is 0 Å². The van der Waals surface area contributed by atoms with Crippen molar-refractivity contribution in [3.63, 3.8) is 0 Å². The Hall–Kier alpha value is -1.22. The molecule has 0 aliphatic rings. The summed E-state index contributed by atoms with van der Waals surface area (Å²) in [5.41, 5.74) is 4.10. The summed E-state index contributed by atoms with van der Waals surface area (Å²) in [6, 6.07) is 1.98. The minimum atomic E-state index is -4.01. The zero-order valence-corrected chi connectivity index (χ0v) is 11.5. The molecule has 0 aromatic heterocycles. The third-order valence-corrected chi connectivity index (χ3v) is 4.03. The van der Waals surface area contributed by atoms with Crippen molar-refractivity contribution in [1.82, 2.24) is 4.72 Å². The molecule has 0 radical (unpaired) electrons. The van der Waals surface area contributed by atoms with Crippen LogP contribution in [0.15, 0.2) is 17.0 Å². The number of nitrogen functional groups attached to an aromatic ring is 1. The Morgan fingerprint density at radius 1 is 1.47 bits per heavy atom. The van der Waals surface area contributed by atoms with Crippen LogP contribution in [-0.4, -0.2) is 37.4 Å². The Morgan fingerprint density at radius 3 is 2.53 bits per heavy atom. The highest BCUT2D eigenvalue weighted by molar-refractivity contribution is 7.89. The molecule has 19 heavy (non-hydrogen) atoms.